The molecule has 1 saturated carbocycles. The van der Waals surface area contributed by atoms with Gasteiger partial charge in [0.25, 0.3) is 0 Å². The van der Waals surface area contributed by atoms with E-state index in [2.05, 4.69) is 45.1 Å². The van der Waals surface area contributed by atoms with Crippen LogP contribution in [-0.2, 0) is 0 Å². The maximum atomic E-state index is 3.72. The third kappa shape index (κ3) is 4.52. The second-order valence-corrected chi connectivity index (χ2v) is 5.84. The minimum atomic E-state index is 0.637. The van der Waals surface area contributed by atoms with Crippen molar-refractivity contribution in [2.45, 2.75) is 52.1 Å². The van der Waals surface area contributed by atoms with Gasteiger partial charge in [-0.3, -0.25) is 0 Å². The molecule has 3 unspecified atom stereocenters. The Morgan fingerprint density at radius 2 is 1.67 bits per heavy atom. The van der Waals surface area contributed by atoms with Gasteiger partial charge in [0.15, 0.2) is 0 Å². The number of nitrogens with zero attached hydrogens (tertiary/aromatic N) is 1. The summed E-state index contributed by atoms with van der Waals surface area (Å²) in [5.74, 6) is 1.81. The van der Waals surface area contributed by atoms with Gasteiger partial charge >= 0.3 is 0 Å². The predicted octanol–water partition coefficient (Wildman–Crippen LogP) is 2.35. The number of hydrogen-bond acceptors (Lipinski definition) is 2. The number of rotatable bonds is 4. The van der Waals surface area contributed by atoms with Gasteiger partial charge in [-0.1, -0.05) is 13.8 Å². The summed E-state index contributed by atoms with van der Waals surface area (Å²) in [7, 11) is 4.30. The molecular weight excluding hydrogens is 184 g/mol. The smallest absolute Gasteiger partial charge is 0.0186 e. The van der Waals surface area contributed by atoms with Crippen molar-refractivity contribution in [1.29, 1.82) is 0 Å². The Bertz CT molecular complexity index is 169. The van der Waals surface area contributed by atoms with Crippen LogP contribution in [0.25, 0.3) is 0 Å². The highest BCUT2D eigenvalue weighted by atomic mass is 15.1. The summed E-state index contributed by atoms with van der Waals surface area (Å²) in [5, 5.41) is 3.72. The highest BCUT2D eigenvalue weighted by molar-refractivity contribution is 4.80. The molecule has 0 heterocycles. The number of likely N-dealkylation sites (N-methyl/N-ethyl adjacent to an activating group) is 1. The zero-order valence-corrected chi connectivity index (χ0v) is 11.1. The summed E-state index contributed by atoms with van der Waals surface area (Å²) in [6.07, 6.45) is 4.15. The van der Waals surface area contributed by atoms with Gasteiger partial charge in [0.1, 0.15) is 0 Å². The van der Waals surface area contributed by atoms with E-state index >= 15 is 0 Å². The second-order valence-electron chi connectivity index (χ2n) is 5.84. The van der Waals surface area contributed by atoms with Gasteiger partial charge in [0, 0.05) is 18.6 Å². The third-order valence-corrected chi connectivity index (χ3v) is 3.76. The summed E-state index contributed by atoms with van der Waals surface area (Å²) < 4.78 is 0. The van der Waals surface area contributed by atoms with Crippen LogP contribution in [0.3, 0.4) is 0 Å². The molecule has 0 bridgehead atoms. The average Bonchev–Trinajstić information content (AvgIpc) is 2.12. The van der Waals surface area contributed by atoms with E-state index in [4.69, 9.17) is 0 Å². The van der Waals surface area contributed by atoms with Crippen LogP contribution >= 0.6 is 0 Å². The molecule has 0 aromatic carbocycles. The average molecular weight is 212 g/mol. The summed E-state index contributed by atoms with van der Waals surface area (Å²) in [6, 6.07) is 1.39. The van der Waals surface area contributed by atoms with E-state index in [1.165, 1.54) is 19.3 Å². The molecule has 3 atom stereocenters. The summed E-state index contributed by atoms with van der Waals surface area (Å²) in [5.41, 5.74) is 0. The van der Waals surface area contributed by atoms with E-state index < -0.39 is 0 Å². The van der Waals surface area contributed by atoms with Crippen LogP contribution in [0.2, 0.25) is 0 Å². The first-order valence-electron chi connectivity index (χ1n) is 6.38. The summed E-state index contributed by atoms with van der Waals surface area (Å²) in [6.45, 7) is 8.18. The topological polar surface area (TPSA) is 15.3 Å². The monoisotopic (exact) mass is 212 g/mol. The van der Waals surface area contributed by atoms with Gasteiger partial charge < -0.3 is 10.2 Å². The lowest BCUT2D eigenvalue weighted by Crippen LogP contribution is -2.43. The van der Waals surface area contributed by atoms with Crippen LogP contribution in [0, 0.1) is 11.8 Å². The molecule has 1 rings (SSSR count). The molecule has 0 aromatic heterocycles. The first-order valence-corrected chi connectivity index (χ1v) is 6.38. The zero-order chi connectivity index (χ0) is 11.4. The first-order chi connectivity index (χ1) is 6.99. The SMILES string of the molecule is CC1CC(C)CC(NCC(C)N(C)C)C1. The normalized spacial score (nSPS) is 34.4. The van der Waals surface area contributed by atoms with Gasteiger partial charge in [-0.25, -0.2) is 0 Å². The van der Waals surface area contributed by atoms with E-state index in [0.717, 1.165) is 24.4 Å². The van der Waals surface area contributed by atoms with Crippen LogP contribution < -0.4 is 5.32 Å². The van der Waals surface area contributed by atoms with Crippen LogP contribution in [0.15, 0.2) is 0 Å². The van der Waals surface area contributed by atoms with Gasteiger partial charge in [-0.2, -0.15) is 0 Å². The molecule has 0 spiro atoms. The molecule has 0 aromatic rings. The van der Waals surface area contributed by atoms with Crippen molar-refractivity contribution in [3.8, 4) is 0 Å². The third-order valence-electron chi connectivity index (χ3n) is 3.76. The standard InChI is InChI=1S/C13H28N2/c1-10-6-11(2)8-13(7-10)14-9-12(3)15(4)5/h10-14H,6-9H2,1-5H3. The molecule has 2 nitrogen and oxygen atoms in total. The number of hydrogen-bond donors (Lipinski definition) is 1. The molecule has 0 saturated heterocycles. The molecule has 1 fully saturated rings. The molecule has 0 amide bonds. The summed E-state index contributed by atoms with van der Waals surface area (Å²) in [4.78, 5) is 2.28. The van der Waals surface area contributed by atoms with Crippen molar-refractivity contribution in [3.63, 3.8) is 0 Å². The molecule has 1 aliphatic carbocycles. The minimum absolute atomic E-state index is 0.637. The van der Waals surface area contributed by atoms with Gasteiger partial charge in [0.2, 0.25) is 0 Å². The molecule has 15 heavy (non-hydrogen) atoms. The first kappa shape index (κ1) is 13.0. The molecule has 2 heteroatoms. The molecular formula is C13H28N2. The fourth-order valence-corrected chi connectivity index (χ4v) is 2.63. The van der Waals surface area contributed by atoms with Crippen molar-refractivity contribution >= 4 is 0 Å². The Labute approximate surface area is 95.4 Å². The molecule has 0 aliphatic heterocycles. The quantitative estimate of drug-likeness (QED) is 0.769. The maximum Gasteiger partial charge on any atom is 0.0186 e. The molecule has 1 aliphatic rings. The Balaban J connectivity index is 2.26. The zero-order valence-electron chi connectivity index (χ0n) is 11.1. The van der Waals surface area contributed by atoms with E-state index in [-0.39, 0.29) is 0 Å². The van der Waals surface area contributed by atoms with Crippen LogP contribution in [0.4, 0.5) is 0 Å². The molecule has 1 N–H and O–H groups in total. The largest absolute Gasteiger partial charge is 0.312 e. The van der Waals surface area contributed by atoms with Crippen LogP contribution in [0.1, 0.15) is 40.0 Å². The van der Waals surface area contributed by atoms with Gasteiger partial charge in [-0.15, -0.1) is 0 Å². The van der Waals surface area contributed by atoms with E-state index in [1.807, 2.05) is 0 Å². The van der Waals surface area contributed by atoms with Gasteiger partial charge in [0.05, 0.1) is 0 Å². The predicted molar refractivity (Wildman–Crippen MR) is 67.1 cm³/mol. The number of nitrogens with one attached hydrogen (secondary N) is 1. The van der Waals surface area contributed by atoms with E-state index in [9.17, 15) is 0 Å². The Kier molecular flexibility index (Phi) is 5.07. The van der Waals surface area contributed by atoms with Crippen LogP contribution in [-0.4, -0.2) is 37.6 Å². The fraction of sp³-hybridized carbons (Fsp3) is 1.00. The van der Waals surface area contributed by atoms with Gasteiger partial charge in [-0.05, 0) is 52.1 Å². The maximum absolute atomic E-state index is 3.72. The highest BCUT2D eigenvalue weighted by Gasteiger charge is 2.23. The van der Waals surface area contributed by atoms with Crippen molar-refractivity contribution in [1.82, 2.24) is 10.2 Å². The van der Waals surface area contributed by atoms with Crippen molar-refractivity contribution in [2.75, 3.05) is 20.6 Å². The Morgan fingerprint density at radius 1 is 1.13 bits per heavy atom. The van der Waals surface area contributed by atoms with Crippen molar-refractivity contribution in [3.05, 3.63) is 0 Å². The second kappa shape index (κ2) is 5.86. The minimum Gasteiger partial charge on any atom is -0.312 e. The summed E-state index contributed by atoms with van der Waals surface area (Å²) >= 11 is 0. The fourth-order valence-electron chi connectivity index (χ4n) is 2.63. The lowest BCUT2D eigenvalue weighted by Gasteiger charge is -2.33. The Morgan fingerprint density at radius 3 is 2.13 bits per heavy atom. The Hall–Kier alpha value is -0.0800. The van der Waals surface area contributed by atoms with Crippen molar-refractivity contribution in [2.24, 2.45) is 11.8 Å². The lowest BCUT2D eigenvalue weighted by molar-refractivity contribution is 0.220. The lowest BCUT2D eigenvalue weighted by atomic mass is 9.80. The van der Waals surface area contributed by atoms with Crippen LogP contribution in [0.5, 0.6) is 0 Å². The van der Waals surface area contributed by atoms with Crippen molar-refractivity contribution < 1.29 is 0 Å². The molecule has 0 radical (unpaired) electrons. The molecule has 90 valence electrons. The highest BCUT2D eigenvalue weighted by Crippen LogP contribution is 2.28. The van der Waals surface area contributed by atoms with E-state index in [0.29, 0.717) is 6.04 Å². The van der Waals surface area contributed by atoms with E-state index in [1.54, 1.807) is 0 Å².